The standard InChI is InChI=1S/C17H19N3O4/c1-11(2)19-8-7-18(9-15(19)22)14(21)10-20-16(23)12-5-3-4-6-13(12)17(20)24/h3-6,11H,7-10H2,1-2H3. The normalized spacial score (nSPS) is 17.8. The maximum atomic E-state index is 12.4. The van der Waals surface area contributed by atoms with Crippen molar-refractivity contribution in [1.29, 1.82) is 0 Å². The number of piperazine rings is 1. The number of hydrogen-bond acceptors (Lipinski definition) is 4. The fourth-order valence-corrected chi connectivity index (χ4v) is 3.06. The van der Waals surface area contributed by atoms with Crippen LogP contribution in [0.15, 0.2) is 24.3 Å². The van der Waals surface area contributed by atoms with Gasteiger partial charge in [0, 0.05) is 19.1 Å². The molecule has 0 aromatic heterocycles. The van der Waals surface area contributed by atoms with E-state index in [1.54, 1.807) is 29.2 Å². The molecule has 2 aliphatic heterocycles. The summed E-state index contributed by atoms with van der Waals surface area (Å²) in [6, 6.07) is 6.60. The minimum absolute atomic E-state index is 0.0137. The molecule has 1 aromatic rings. The molecule has 2 aliphatic rings. The third-order valence-corrected chi connectivity index (χ3v) is 4.40. The second kappa shape index (κ2) is 6.07. The average Bonchev–Trinajstić information content (AvgIpc) is 2.80. The van der Waals surface area contributed by atoms with E-state index in [2.05, 4.69) is 0 Å². The maximum Gasteiger partial charge on any atom is 0.262 e. The molecule has 7 heteroatoms. The highest BCUT2D eigenvalue weighted by atomic mass is 16.2. The molecule has 0 spiro atoms. The SMILES string of the molecule is CC(C)N1CCN(C(=O)CN2C(=O)c3ccccc3C2=O)CC1=O. The lowest BCUT2D eigenvalue weighted by molar-refractivity contribution is -0.146. The van der Waals surface area contributed by atoms with Crippen LogP contribution in [0.3, 0.4) is 0 Å². The average molecular weight is 329 g/mol. The van der Waals surface area contributed by atoms with Gasteiger partial charge in [0.25, 0.3) is 11.8 Å². The van der Waals surface area contributed by atoms with Crippen molar-refractivity contribution in [2.45, 2.75) is 19.9 Å². The van der Waals surface area contributed by atoms with E-state index in [1.807, 2.05) is 13.8 Å². The number of imide groups is 1. The molecule has 0 atom stereocenters. The molecule has 126 valence electrons. The van der Waals surface area contributed by atoms with Gasteiger partial charge < -0.3 is 9.80 Å². The summed E-state index contributed by atoms with van der Waals surface area (Å²) < 4.78 is 0. The van der Waals surface area contributed by atoms with Crippen LogP contribution < -0.4 is 0 Å². The van der Waals surface area contributed by atoms with Gasteiger partial charge in [-0.1, -0.05) is 12.1 Å². The van der Waals surface area contributed by atoms with Crippen molar-refractivity contribution in [3.63, 3.8) is 0 Å². The molecule has 7 nitrogen and oxygen atoms in total. The predicted octanol–water partition coefficient (Wildman–Crippen LogP) is 0.362. The van der Waals surface area contributed by atoms with Crippen molar-refractivity contribution in [2.75, 3.05) is 26.2 Å². The van der Waals surface area contributed by atoms with Gasteiger partial charge in [0.15, 0.2) is 0 Å². The molecule has 24 heavy (non-hydrogen) atoms. The van der Waals surface area contributed by atoms with Crippen LogP contribution in [0, 0.1) is 0 Å². The zero-order valence-electron chi connectivity index (χ0n) is 13.7. The minimum atomic E-state index is -0.462. The van der Waals surface area contributed by atoms with Gasteiger partial charge in [-0.15, -0.1) is 0 Å². The number of rotatable bonds is 3. The number of fused-ring (bicyclic) bond motifs is 1. The van der Waals surface area contributed by atoms with E-state index in [4.69, 9.17) is 0 Å². The molecule has 0 radical (unpaired) electrons. The highest BCUT2D eigenvalue weighted by molar-refractivity contribution is 6.22. The summed E-state index contributed by atoms with van der Waals surface area (Å²) in [5, 5.41) is 0. The van der Waals surface area contributed by atoms with E-state index >= 15 is 0 Å². The Kier molecular flexibility index (Phi) is 4.09. The molecule has 0 saturated carbocycles. The monoisotopic (exact) mass is 329 g/mol. The molecule has 2 heterocycles. The van der Waals surface area contributed by atoms with Gasteiger partial charge in [-0.05, 0) is 26.0 Å². The first kappa shape index (κ1) is 16.2. The number of nitrogens with zero attached hydrogens (tertiary/aromatic N) is 3. The lowest BCUT2D eigenvalue weighted by atomic mass is 10.1. The Hall–Kier alpha value is -2.70. The molecule has 0 aliphatic carbocycles. The second-order valence-corrected chi connectivity index (χ2v) is 6.24. The molecule has 0 bridgehead atoms. The maximum absolute atomic E-state index is 12.4. The van der Waals surface area contributed by atoms with Crippen LogP contribution in [0.4, 0.5) is 0 Å². The first-order chi connectivity index (χ1) is 11.4. The van der Waals surface area contributed by atoms with E-state index in [0.29, 0.717) is 24.2 Å². The first-order valence-electron chi connectivity index (χ1n) is 7.92. The zero-order chi connectivity index (χ0) is 17.4. The molecule has 4 amide bonds. The number of benzene rings is 1. The predicted molar refractivity (Wildman–Crippen MR) is 85.2 cm³/mol. The van der Waals surface area contributed by atoms with Crippen LogP contribution in [0.1, 0.15) is 34.6 Å². The molecule has 1 fully saturated rings. The van der Waals surface area contributed by atoms with Crippen LogP contribution in [0.5, 0.6) is 0 Å². The Morgan fingerprint density at radius 1 is 1.04 bits per heavy atom. The molecule has 0 unspecified atom stereocenters. The van der Waals surface area contributed by atoms with Crippen molar-refractivity contribution in [1.82, 2.24) is 14.7 Å². The van der Waals surface area contributed by atoms with E-state index in [1.165, 1.54) is 4.90 Å². The number of carbonyl (C=O) groups is 4. The Labute approximate surface area is 139 Å². The van der Waals surface area contributed by atoms with Crippen molar-refractivity contribution in [3.05, 3.63) is 35.4 Å². The van der Waals surface area contributed by atoms with Gasteiger partial charge >= 0.3 is 0 Å². The Balaban J connectivity index is 1.68. The van der Waals surface area contributed by atoms with Gasteiger partial charge in [0.1, 0.15) is 6.54 Å². The largest absolute Gasteiger partial charge is 0.337 e. The third kappa shape index (κ3) is 2.66. The van der Waals surface area contributed by atoms with Gasteiger partial charge in [-0.3, -0.25) is 24.1 Å². The fourth-order valence-electron chi connectivity index (χ4n) is 3.06. The van der Waals surface area contributed by atoms with Gasteiger partial charge in [0.2, 0.25) is 11.8 Å². The molecule has 0 N–H and O–H groups in total. The Morgan fingerprint density at radius 3 is 2.12 bits per heavy atom. The highest BCUT2D eigenvalue weighted by Crippen LogP contribution is 2.22. The van der Waals surface area contributed by atoms with E-state index in [9.17, 15) is 19.2 Å². The lowest BCUT2D eigenvalue weighted by Crippen LogP contribution is -2.56. The summed E-state index contributed by atoms with van der Waals surface area (Å²) in [5.41, 5.74) is 0.631. The van der Waals surface area contributed by atoms with Crippen molar-refractivity contribution in [3.8, 4) is 0 Å². The van der Waals surface area contributed by atoms with E-state index < -0.39 is 11.8 Å². The molecule has 1 saturated heterocycles. The van der Waals surface area contributed by atoms with E-state index in [-0.39, 0.29) is 30.9 Å². The van der Waals surface area contributed by atoms with Crippen LogP contribution in [-0.2, 0) is 9.59 Å². The van der Waals surface area contributed by atoms with E-state index in [0.717, 1.165) is 4.90 Å². The summed E-state index contributed by atoms with van der Waals surface area (Å²) in [4.78, 5) is 53.2. The van der Waals surface area contributed by atoms with Crippen LogP contribution in [0.25, 0.3) is 0 Å². The highest BCUT2D eigenvalue weighted by Gasteiger charge is 2.38. The van der Waals surface area contributed by atoms with Gasteiger partial charge in [-0.2, -0.15) is 0 Å². The number of carbonyl (C=O) groups excluding carboxylic acids is 4. The molecular weight excluding hydrogens is 310 g/mol. The lowest BCUT2D eigenvalue weighted by Gasteiger charge is -2.37. The smallest absolute Gasteiger partial charge is 0.262 e. The minimum Gasteiger partial charge on any atom is -0.337 e. The van der Waals surface area contributed by atoms with Crippen LogP contribution in [0.2, 0.25) is 0 Å². The van der Waals surface area contributed by atoms with Crippen LogP contribution in [-0.4, -0.2) is 70.5 Å². The number of hydrogen-bond donors (Lipinski definition) is 0. The van der Waals surface area contributed by atoms with Crippen molar-refractivity contribution in [2.24, 2.45) is 0 Å². The molecule has 1 aromatic carbocycles. The van der Waals surface area contributed by atoms with Crippen molar-refractivity contribution < 1.29 is 19.2 Å². The topological polar surface area (TPSA) is 78.0 Å². The summed E-state index contributed by atoms with van der Waals surface area (Å²) in [5.74, 6) is -1.43. The first-order valence-corrected chi connectivity index (χ1v) is 7.92. The summed E-state index contributed by atoms with van der Waals surface area (Å²) in [6.45, 7) is 4.38. The summed E-state index contributed by atoms with van der Waals surface area (Å²) in [6.07, 6.45) is 0. The zero-order valence-corrected chi connectivity index (χ0v) is 13.7. The second-order valence-electron chi connectivity index (χ2n) is 6.24. The van der Waals surface area contributed by atoms with Gasteiger partial charge in [-0.25, -0.2) is 0 Å². The third-order valence-electron chi connectivity index (χ3n) is 4.40. The Morgan fingerprint density at radius 2 is 1.62 bits per heavy atom. The quantitative estimate of drug-likeness (QED) is 0.750. The van der Waals surface area contributed by atoms with Crippen molar-refractivity contribution >= 4 is 23.6 Å². The van der Waals surface area contributed by atoms with Gasteiger partial charge in [0.05, 0.1) is 17.7 Å². The Bertz CT molecular complexity index is 693. The molecule has 3 rings (SSSR count). The summed E-state index contributed by atoms with van der Waals surface area (Å²) >= 11 is 0. The molecular formula is C17H19N3O4. The number of amides is 4. The summed E-state index contributed by atoms with van der Waals surface area (Å²) in [7, 11) is 0. The fraction of sp³-hybridized carbons (Fsp3) is 0.412. The van der Waals surface area contributed by atoms with Crippen LogP contribution >= 0.6 is 0 Å².